The lowest BCUT2D eigenvalue weighted by Crippen LogP contribution is -2.48. The van der Waals surface area contributed by atoms with Crippen LogP contribution in [0.1, 0.15) is 0 Å². The lowest BCUT2D eigenvalue weighted by atomic mass is 10.1. The smallest absolute Gasteiger partial charge is 0.313 e. The van der Waals surface area contributed by atoms with Crippen molar-refractivity contribution >= 4 is 11.8 Å². The van der Waals surface area contributed by atoms with Gasteiger partial charge in [0, 0.05) is 0 Å². The Kier molecular flexibility index (Phi) is 4.47. The fourth-order valence-corrected chi connectivity index (χ4v) is 0.723. The number of hydrogen-bond donors (Lipinski definition) is 3. The van der Waals surface area contributed by atoms with Crippen molar-refractivity contribution in [1.29, 1.82) is 0 Å². The van der Waals surface area contributed by atoms with Crippen LogP contribution in [-0.4, -0.2) is 23.9 Å². The van der Waals surface area contributed by atoms with Crippen LogP contribution in [0.25, 0.3) is 0 Å². The fourth-order valence-electron chi connectivity index (χ4n) is 0.723. The summed E-state index contributed by atoms with van der Waals surface area (Å²) in [7, 11) is 0. The van der Waals surface area contributed by atoms with Gasteiger partial charge in [-0.1, -0.05) is 12.2 Å². The zero-order valence-corrected chi connectivity index (χ0v) is 7.19. The first-order chi connectivity index (χ1) is 6.02. The predicted molar refractivity (Wildman–Crippen MR) is 49.9 cm³/mol. The Hall–Kier alpha value is -1.62. The van der Waals surface area contributed by atoms with Gasteiger partial charge in [-0.3, -0.25) is 4.79 Å². The lowest BCUT2D eigenvalue weighted by molar-refractivity contribution is -0.120. The van der Waals surface area contributed by atoms with Gasteiger partial charge in [-0.2, -0.15) is 0 Å². The molecule has 5 N–H and O–H groups in total. The molecule has 2 unspecified atom stereocenters. The summed E-state index contributed by atoms with van der Waals surface area (Å²) in [4.78, 5) is 21.7. The summed E-state index contributed by atoms with van der Waals surface area (Å²) in [5.74, 6) is -0.399. The SMILES string of the molecule is C=CC(N)C(=O)C(C=C)NC(N)=O. The second-order valence-electron chi connectivity index (χ2n) is 2.39. The molecule has 0 aliphatic carbocycles. The van der Waals surface area contributed by atoms with Crippen molar-refractivity contribution in [3.05, 3.63) is 25.3 Å². The number of carbonyl (C=O) groups is 2. The first-order valence-corrected chi connectivity index (χ1v) is 3.63. The average Bonchev–Trinajstić information content (AvgIpc) is 2.11. The van der Waals surface area contributed by atoms with E-state index in [9.17, 15) is 9.59 Å². The number of nitrogens with one attached hydrogen (secondary N) is 1. The van der Waals surface area contributed by atoms with E-state index in [0.717, 1.165) is 0 Å². The molecule has 0 fully saturated rings. The molecule has 13 heavy (non-hydrogen) atoms. The Morgan fingerprint density at radius 1 is 1.31 bits per heavy atom. The number of carbonyl (C=O) groups excluding carboxylic acids is 2. The fraction of sp³-hybridized carbons (Fsp3) is 0.250. The third-order valence-electron chi connectivity index (χ3n) is 1.42. The molecule has 2 amide bonds. The minimum atomic E-state index is -0.856. The van der Waals surface area contributed by atoms with Crippen molar-refractivity contribution < 1.29 is 9.59 Å². The quantitative estimate of drug-likeness (QED) is 0.491. The summed E-state index contributed by atoms with van der Waals surface area (Å²) in [5.41, 5.74) is 10.2. The zero-order valence-electron chi connectivity index (χ0n) is 7.19. The van der Waals surface area contributed by atoms with Crippen molar-refractivity contribution in [2.45, 2.75) is 12.1 Å². The summed E-state index contributed by atoms with van der Waals surface area (Å²) in [5, 5.41) is 2.19. The number of hydrogen-bond acceptors (Lipinski definition) is 3. The maximum Gasteiger partial charge on any atom is 0.313 e. The number of urea groups is 1. The highest BCUT2D eigenvalue weighted by Crippen LogP contribution is 1.93. The first-order valence-electron chi connectivity index (χ1n) is 3.63. The van der Waals surface area contributed by atoms with Crippen LogP contribution in [0.4, 0.5) is 4.79 Å². The molecule has 0 heterocycles. The monoisotopic (exact) mass is 183 g/mol. The van der Waals surface area contributed by atoms with Crippen molar-refractivity contribution in [1.82, 2.24) is 5.32 Å². The number of primary amides is 1. The second kappa shape index (κ2) is 5.10. The topological polar surface area (TPSA) is 98.2 Å². The van der Waals surface area contributed by atoms with Gasteiger partial charge < -0.3 is 16.8 Å². The number of rotatable bonds is 5. The van der Waals surface area contributed by atoms with Crippen molar-refractivity contribution in [2.75, 3.05) is 0 Å². The van der Waals surface area contributed by atoms with Crippen LogP contribution in [-0.2, 0) is 4.79 Å². The molecule has 0 saturated heterocycles. The van der Waals surface area contributed by atoms with Crippen LogP contribution in [0.15, 0.2) is 25.3 Å². The van der Waals surface area contributed by atoms with E-state index in [4.69, 9.17) is 11.5 Å². The number of amides is 2. The van der Waals surface area contributed by atoms with Crippen LogP contribution in [0.2, 0.25) is 0 Å². The highest BCUT2D eigenvalue weighted by atomic mass is 16.2. The van der Waals surface area contributed by atoms with Crippen LogP contribution in [0.5, 0.6) is 0 Å². The molecule has 0 aromatic carbocycles. The van der Waals surface area contributed by atoms with Crippen molar-refractivity contribution in [3.8, 4) is 0 Å². The molecular formula is C8H13N3O2. The van der Waals surface area contributed by atoms with Crippen LogP contribution >= 0.6 is 0 Å². The van der Waals surface area contributed by atoms with Gasteiger partial charge in [0.15, 0.2) is 5.78 Å². The maximum atomic E-state index is 11.3. The molecule has 0 aliphatic rings. The zero-order chi connectivity index (χ0) is 10.4. The van der Waals surface area contributed by atoms with Gasteiger partial charge in [-0.15, -0.1) is 13.2 Å². The molecule has 2 atom stereocenters. The largest absolute Gasteiger partial charge is 0.352 e. The summed E-state index contributed by atoms with van der Waals surface area (Å²) < 4.78 is 0. The Morgan fingerprint density at radius 3 is 2.15 bits per heavy atom. The number of nitrogens with two attached hydrogens (primary N) is 2. The van der Waals surface area contributed by atoms with Gasteiger partial charge in [-0.05, 0) is 0 Å². The van der Waals surface area contributed by atoms with Gasteiger partial charge in [0.2, 0.25) is 0 Å². The van der Waals surface area contributed by atoms with Crippen LogP contribution in [0, 0.1) is 0 Å². The average molecular weight is 183 g/mol. The molecule has 0 bridgehead atoms. The van der Waals surface area contributed by atoms with E-state index < -0.39 is 23.9 Å². The predicted octanol–water partition coefficient (Wildman–Crippen LogP) is -0.708. The summed E-state index contributed by atoms with van der Waals surface area (Å²) in [6.45, 7) is 6.72. The molecule has 0 saturated carbocycles. The third kappa shape index (κ3) is 3.53. The summed E-state index contributed by atoms with van der Waals surface area (Å²) in [6.07, 6.45) is 2.54. The Bertz CT molecular complexity index is 238. The van der Waals surface area contributed by atoms with E-state index in [1.807, 2.05) is 0 Å². The van der Waals surface area contributed by atoms with E-state index in [1.165, 1.54) is 12.2 Å². The Morgan fingerprint density at radius 2 is 1.85 bits per heavy atom. The van der Waals surface area contributed by atoms with Crippen LogP contribution < -0.4 is 16.8 Å². The summed E-state index contributed by atoms with van der Waals surface area (Å²) in [6, 6.07) is -2.48. The van der Waals surface area contributed by atoms with E-state index in [2.05, 4.69) is 18.5 Å². The molecule has 72 valence electrons. The molecule has 0 aromatic rings. The standard InChI is InChI=1S/C8H13N3O2/c1-3-5(9)7(12)6(4-2)11-8(10)13/h3-6H,1-2,9H2,(H3,10,11,13). The molecule has 0 aliphatic heterocycles. The molecular weight excluding hydrogens is 170 g/mol. The van der Waals surface area contributed by atoms with Gasteiger partial charge in [-0.25, -0.2) is 4.79 Å². The summed E-state index contributed by atoms with van der Waals surface area (Å²) >= 11 is 0. The molecule has 5 nitrogen and oxygen atoms in total. The molecule has 0 radical (unpaired) electrons. The minimum absolute atomic E-state index is 0.399. The van der Waals surface area contributed by atoms with Gasteiger partial charge in [0.05, 0.1) is 6.04 Å². The van der Waals surface area contributed by atoms with Gasteiger partial charge >= 0.3 is 6.03 Å². The van der Waals surface area contributed by atoms with E-state index >= 15 is 0 Å². The normalized spacial score (nSPS) is 13.9. The van der Waals surface area contributed by atoms with Crippen LogP contribution in [0.3, 0.4) is 0 Å². The molecule has 0 rings (SSSR count). The molecule has 5 heteroatoms. The number of Topliss-reactive ketones (excluding diaryl/α,β-unsaturated/α-hetero) is 1. The van der Waals surface area contributed by atoms with Crippen molar-refractivity contribution in [3.63, 3.8) is 0 Å². The van der Waals surface area contributed by atoms with Crippen molar-refractivity contribution in [2.24, 2.45) is 11.5 Å². The number of ketones is 1. The van der Waals surface area contributed by atoms with E-state index in [1.54, 1.807) is 0 Å². The Labute approximate surface area is 76.5 Å². The van der Waals surface area contributed by atoms with E-state index in [-0.39, 0.29) is 0 Å². The maximum absolute atomic E-state index is 11.3. The molecule has 0 aromatic heterocycles. The van der Waals surface area contributed by atoms with Gasteiger partial charge in [0.25, 0.3) is 0 Å². The molecule has 0 spiro atoms. The first kappa shape index (κ1) is 11.4. The highest BCUT2D eigenvalue weighted by Gasteiger charge is 2.20. The minimum Gasteiger partial charge on any atom is -0.352 e. The van der Waals surface area contributed by atoms with E-state index in [0.29, 0.717) is 0 Å². The third-order valence-corrected chi connectivity index (χ3v) is 1.42. The Balaban J connectivity index is 4.39. The lowest BCUT2D eigenvalue weighted by Gasteiger charge is -2.14. The highest BCUT2D eigenvalue weighted by molar-refractivity contribution is 5.94. The van der Waals surface area contributed by atoms with Gasteiger partial charge in [0.1, 0.15) is 6.04 Å². The second-order valence-corrected chi connectivity index (χ2v) is 2.39.